The van der Waals surface area contributed by atoms with Crippen molar-refractivity contribution in [2.75, 3.05) is 0 Å². The zero-order valence-corrected chi connectivity index (χ0v) is 15.1. The van der Waals surface area contributed by atoms with Crippen molar-refractivity contribution >= 4 is 21.8 Å². The highest BCUT2D eigenvalue weighted by atomic mass is 16.5. The van der Waals surface area contributed by atoms with E-state index in [0.29, 0.717) is 0 Å². The molecule has 0 saturated heterocycles. The molecule has 132 valence electrons. The number of aliphatic hydroxyl groups is 1. The smallest absolute Gasteiger partial charge is 0.141 e. The Morgan fingerprint density at radius 3 is 2.62 bits per heavy atom. The van der Waals surface area contributed by atoms with Crippen molar-refractivity contribution < 1.29 is 9.63 Å². The van der Waals surface area contributed by atoms with E-state index in [-0.39, 0.29) is 6.61 Å². The van der Waals surface area contributed by atoms with Gasteiger partial charge in [-0.05, 0) is 61.9 Å². The number of hydrogen-bond donors (Lipinski definition) is 1. The van der Waals surface area contributed by atoms with Gasteiger partial charge in [0.2, 0.25) is 0 Å². The van der Waals surface area contributed by atoms with E-state index in [0.717, 1.165) is 40.6 Å². The van der Waals surface area contributed by atoms with Crippen LogP contribution >= 0.6 is 0 Å². The number of nitrogens with zero attached hydrogens (tertiary/aromatic N) is 2. The molecule has 5 rings (SSSR count). The SMILES string of the molecule is Cc1noc(C)c1-c1ccc2c(c1)c1ccc(CO)cc1n2CC1CC1. The molecule has 1 fully saturated rings. The molecule has 2 aromatic carbocycles. The third-order valence-corrected chi connectivity index (χ3v) is 5.57. The maximum Gasteiger partial charge on any atom is 0.141 e. The number of hydrogen-bond acceptors (Lipinski definition) is 3. The predicted octanol–water partition coefficient (Wildman–Crippen LogP) is 4.97. The highest BCUT2D eigenvalue weighted by Crippen LogP contribution is 2.38. The molecule has 1 aliphatic carbocycles. The van der Waals surface area contributed by atoms with Crippen molar-refractivity contribution in [3.8, 4) is 11.1 Å². The Kier molecular flexibility index (Phi) is 3.44. The molecular formula is C22H22N2O2. The van der Waals surface area contributed by atoms with E-state index in [4.69, 9.17) is 4.52 Å². The van der Waals surface area contributed by atoms with Gasteiger partial charge in [0.1, 0.15) is 5.76 Å². The summed E-state index contributed by atoms with van der Waals surface area (Å²) in [5.74, 6) is 1.64. The van der Waals surface area contributed by atoms with Gasteiger partial charge < -0.3 is 14.2 Å². The van der Waals surface area contributed by atoms with Crippen molar-refractivity contribution in [3.05, 3.63) is 53.4 Å². The van der Waals surface area contributed by atoms with Gasteiger partial charge in [0.25, 0.3) is 0 Å². The van der Waals surface area contributed by atoms with Crippen LogP contribution in [0.15, 0.2) is 40.9 Å². The Balaban J connectivity index is 1.78. The Labute approximate surface area is 152 Å². The summed E-state index contributed by atoms with van der Waals surface area (Å²) in [6.07, 6.45) is 2.63. The molecule has 0 aliphatic heterocycles. The Morgan fingerprint density at radius 1 is 1.08 bits per heavy atom. The topological polar surface area (TPSA) is 51.2 Å². The highest BCUT2D eigenvalue weighted by Gasteiger charge is 2.24. The van der Waals surface area contributed by atoms with Crippen LogP contribution in [0.2, 0.25) is 0 Å². The molecule has 0 radical (unpaired) electrons. The van der Waals surface area contributed by atoms with Crippen LogP contribution in [0.1, 0.15) is 29.9 Å². The number of aliphatic hydroxyl groups excluding tert-OH is 1. The van der Waals surface area contributed by atoms with Crippen LogP contribution in [-0.2, 0) is 13.2 Å². The maximum absolute atomic E-state index is 9.56. The van der Waals surface area contributed by atoms with E-state index < -0.39 is 0 Å². The van der Waals surface area contributed by atoms with Crippen LogP contribution in [0.3, 0.4) is 0 Å². The molecule has 1 N–H and O–H groups in total. The fourth-order valence-corrected chi connectivity index (χ4v) is 4.05. The predicted molar refractivity (Wildman–Crippen MR) is 103 cm³/mol. The van der Waals surface area contributed by atoms with Crippen molar-refractivity contribution in [1.82, 2.24) is 9.72 Å². The number of fused-ring (bicyclic) bond motifs is 3. The fourth-order valence-electron chi connectivity index (χ4n) is 4.05. The van der Waals surface area contributed by atoms with Crippen molar-refractivity contribution in [3.63, 3.8) is 0 Å². The van der Waals surface area contributed by atoms with E-state index >= 15 is 0 Å². The van der Waals surface area contributed by atoms with Gasteiger partial charge in [0, 0.05) is 33.9 Å². The summed E-state index contributed by atoms with van der Waals surface area (Å²) in [7, 11) is 0. The fraction of sp³-hybridized carbons (Fsp3) is 0.318. The van der Waals surface area contributed by atoms with Crippen LogP contribution in [-0.4, -0.2) is 14.8 Å². The molecule has 4 heteroatoms. The van der Waals surface area contributed by atoms with Gasteiger partial charge in [-0.2, -0.15) is 0 Å². The summed E-state index contributed by atoms with van der Waals surface area (Å²) < 4.78 is 7.79. The van der Waals surface area contributed by atoms with Crippen LogP contribution in [0, 0.1) is 19.8 Å². The molecule has 26 heavy (non-hydrogen) atoms. The molecule has 0 spiro atoms. The van der Waals surface area contributed by atoms with Crippen molar-refractivity contribution in [2.24, 2.45) is 5.92 Å². The Morgan fingerprint density at radius 2 is 1.92 bits per heavy atom. The number of aryl methyl sites for hydroxylation is 2. The van der Waals surface area contributed by atoms with Gasteiger partial charge in [-0.25, -0.2) is 0 Å². The standard InChI is InChI=1S/C22H22N2O2/c1-13-22(14(2)26-23-13)17-6-8-20-19(10-17)18-7-5-16(12-25)9-21(18)24(20)11-15-3-4-15/h5-10,15,25H,3-4,11-12H2,1-2H3. The van der Waals surface area contributed by atoms with Gasteiger partial charge in [0.15, 0.2) is 0 Å². The quantitative estimate of drug-likeness (QED) is 0.568. The monoisotopic (exact) mass is 346 g/mol. The first-order valence-corrected chi connectivity index (χ1v) is 9.24. The highest BCUT2D eigenvalue weighted by molar-refractivity contribution is 6.09. The average molecular weight is 346 g/mol. The number of aromatic nitrogens is 2. The first kappa shape index (κ1) is 15.6. The van der Waals surface area contributed by atoms with E-state index in [2.05, 4.69) is 40.1 Å². The van der Waals surface area contributed by atoms with Crippen LogP contribution in [0.5, 0.6) is 0 Å². The molecule has 4 nitrogen and oxygen atoms in total. The lowest BCUT2D eigenvalue weighted by atomic mass is 10.0. The third-order valence-electron chi connectivity index (χ3n) is 5.57. The zero-order valence-electron chi connectivity index (χ0n) is 15.1. The second-order valence-electron chi connectivity index (χ2n) is 7.49. The molecule has 0 atom stereocenters. The van der Waals surface area contributed by atoms with Crippen LogP contribution in [0.25, 0.3) is 32.9 Å². The van der Waals surface area contributed by atoms with Gasteiger partial charge in [-0.15, -0.1) is 0 Å². The lowest BCUT2D eigenvalue weighted by Crippen LogP contribution is -1.99. The van der Waals surface area contributed by atoms with Crippen LogP contribution < -0.4 is 0 Å². The van der Waals surface area contributed by atoms with Gasteiger partial charge in [0.05, 0.1) is 12.3 Å². The lowest BCUT2D eigenvalue weighted by molar-refractivity contribution is 0.282. The summed E-state index contributed by atoms with van der Waals surface area (Å²) in [5.41, 5.74) is 6.59. The van der Waals surface area contributed by atoms with E-state index in [1.807, 2.05) is 19.9 Å². The summed E-state index contributed by atoms with van der Waals surface area (Å²) in [6.45, 7) is 5.08. The Bertz CT molecular complexity index is 1110. The lowest BCUT2D eigenvalue weighted by Gasteiger charge is -2.07. The molecule has 2 aromatic heterocycles. The average Bonchev–Trinajstić information content (AvgIpc) is 3.35. The van der Waals surface area contributed by atoms with E-state index in [1.165, 1.54) is 34.6 Å². The Hall–Kier alpha value is -2.59. The maximum atomic E-state index is 9.56. The summed E-state index contributed by atoms with van der Waals surface area (Å²) in [5, 5.41) is 16.2. The molecule has 0 bridgehead atoms. The second kappa shape index (κ2) is 5.71. The first-order valence-electron chi connectivity index (χ1n) is 9.24. The third kappa shape index (κ3) is 2.36. The van der Waals surface area contributed by atoms with Crippen LogP contribution in [0.4, 0.5) is 0 Å². The minimum Gasteiger partial charge on any atom is -0.392 e. The molecule has 1 aliphatic rings. The zero-order chi connectivity index (χ0) is 17.8. The van der Waals surface area contributed by atoms with Gasteiger partial charge >= 0.3 is 0 Å². The number of rotatable bonds is 4. The van der Waals surface area contributed by atoms with Crippen molar-refractivity contribution in [1.29, 1.82) is 0 Å². The second-order valence-corrected chi connectivity index (χ2v) is 7.49. The van der Waals surface area contributed by atoms with Gasteiger partial charge in [-0.3, -0.25) is 0 Å². The summed E-state index contributed by atoms with van der Waals surface area (Å²) >= 11 is 0. The van der Waals surface area contributed by atoms with E-state index in [1.54, 1.807) is 0 Å². The molecular weight excluding hydrogens is 324 g/mol. The minimum absolute atomic E-state index is 0.0746. The van der Waals surface area contributed by atoms with Crippen molar-refractivity contribution in [2.45, 2.75) is 39.8 Å². The summed E-state index contributed by atoms with van der Waals surface area (Å²) in [6, 6.07) is 12.9. The normalized spacial score (nSPS) is 14.6. The molecule has 0 amide bonds. The van der Waals surface area contributed by atoms with E-state index in [9.17, 15) is 5.11 Å². The largest absolute Gasteiger partial charge is 0.392 e. The molecule has 1 saturated carbocycles. The molecule has 2 heterocycles. The van der Waals surface area contributed by atoms with Gasteiger partial charge in [-0.1, -0.05) is 23.4 Å². The summed E-state index contributed by atoms with van der Waals surface area (Å²) in [4.78, 5) is 0. The molecule has 4 aromatic rings. The number of benzene rings is 2. The minimum atomic E-state index is 0.0746. The first-order chi connectivity index (χ1) is 12.7. The molecule has 0 unspecified atom stereocenters.